The maximum Gasteiger partial charge on any atom is 0.338 e. The second kappa shape index (κ2) is 5.53. The summed E-state index contributed by atoms with van der Waals surface area (Å²) in [6.45, 7) is 0. The van der Waals surface area contributed by atoms with E-state index in [2.05, 4.69) is 4.18 Å². The molecule has 0 fully saturated rings. The summed E-state index contributed by atoms with van der Waals surface area (Å²) >= 11 is -3.10. The molecule has 0 radical (unpaired) electrons. The smallest absolute Gasteiger partial charge is 0.338 e. The van der Waals surface area contributed by atoms with Crippen LogP contribution in [0.1, 0.15) is 12.8 Å². The lowest BCUT2D eigenvalue weighted by Gasteiger charge is -2.23. The molecule has 0 heterocycles. The lowest BCUT2D eigenvalue weighted by Crippen LogP contribution is -2.45. The van der Waals surface area contributed by atoms with Crippen molar-refractivity contribution in [1.82, 2.24) is 0 Å². The third-order valence-electron chi connectivity index (χ3n) is 1.49. The van der Waals surface area contributed by atoms with Gasteiger partial charge in [0.25, 0.3) is 0 Å². The van der Waals surface area contributed by atoms with E-state index in [0.717, 1.165) is 0 Å². The van der Waals surface area contributed by atoms with E-state index in [1.165, 1.54) is 0 Å². The quantitative estimate of drug-likeness (QED) is 0.415. The normalized spacial score (nSPS) is 13.1. The van der Waals surface area contributed by atoms with Gasteiger partial charge in [0.05, 0.1) is 12.8 Å². The first kappa shape index (κ1) is 14.5. The minimum atomic E-state index is -3.10. The van der Waals surface area contributed by atoms with Crippen LogP contribution in [0.5, 0.6) is 0 Å². The molecular weight excluding hydrogens is 248 g/mol. The first-order valence-corrected chi connectivity index (χ1v) is 4.70. The van der Waals surface area contributed by atoms with E-state index in [4.69, 9.17) is 19.9 Å². The average Bonchev–Trinajstić information content (AvgIpc) is 1.98. The molecule has 1 atom stereocenters. The van der Waals surface area contributed by atoms with Crippen LogP contribution in [0, 0.1) is 0 Å². The van der Waals surface area contributed by atoms with Crippen LogP contribution < -0.4 is 0 Å². The first-order chi connectivity index (χ1) is 7.19. The van der Waals surface area contributed by atoms with Gasteiger partial charge in [-0.1, -0.05) is 0 Å². The van der Waals surface area contributed by atoms with Gasteiger partial charge < -0.3 is 15.3 Å². The highest BCUT2D eigenvalue weighted by Gasteiger charge is 2.46. The van der Waals surface area contributed by atoms with E-state index in [1.54, 1.807) is 0 Å². The number of hydrogen-bond donors (Lipinski definition) is 4. The van der Waals surface area contributed by atoms with Gasteiger partial charge >= 0.3 is 29.3 Å². The summed E-state index contributed by atoms with van der Waals surface area (Å²) in [6, 6.07) is 0. The standard InChI is InChI=1S/C6H8O9S/c7-3(8)1-6(5(11)12,2-4(9)10)15-16(13)14/h1-2H2,(H,7,8)(H,9,10)(H,11,12)(H,13,14). The number of rotatable bonds is 7. The molecule has 0 amide bonds. The van der Waals surface area contributed by atoms with Crippen molar-refractivity contribution in [3.63, 3.8) is 0 Å². The Hall–Kier alpha value is -1.52. The molecule has 4 N–H and O–H groups in total. The maximum absolute atomic E-state index is 10.7. The summed E-state index contributed by atoms with van der Waals surface area (Å²) in [4.78, 5) is 31.5. The Morgan fingerprint density at radius 1 is 1.06 bits per heavy atom. The van der Waals surface area contributed by atoms with Crippen molar-refractivity contribution in [1.29, 1.82) is 0 Å². The molecular formula is C6H8O9S. The molecule has 0 rings (SSSR count). The molecule has 92 valence electrons. The number of aliphatic carboxylic acids is 3. The van der Waals surface area contributed by atoms with Gasteiger partial charge in [0.1, 0.15) is 0 Å². The molecule has 0 aliphatic rings. The molecule has 0 saturated heterocycles. The summed E-state index contributed by atoms with van der Waals surface area (Å²) in [5.41, 5.74) is -2.77. The third-order valence-corrected chi connectivity index (χ3v) is 1.96. The molecule has 10 heteroatoms. The lowest BCUT2D eigenvalue weighted by atomic mass is 9.96. The van der Waals surface area contributed by atoms with Crippen LogP contribution in [0.3, 0.4) is 0 Å². The fraction of sp³-hybridized carbons (Fsp3) is 0.500. The van der Waals surface area contributed by atoms with Gasteiger partial charge in [0, 0.05) is 0 Å². The Kier molecular flexibility index (Phi) is 5.01. The molecule has 9 nitrogen and oxygen atoms in total. The minimum Gasteiger partial charge on any atom is -0.481 e. The van der Waals surface area contributed by atoms with Gasteiger partial charge in [-0.2, -0.15) is 4.21 Å². The largest absolute Gasteiger partial charge is 0.481 e. The van der Waals surface area contributed by atoms with Crippen LogP contribution in [0.15, 0.2) is 0 Å². The van der Waals surface area contributed by atoms with Crippen LogP contribution >= 0.6 is 0 Å². The van der Waals surface area contributed by atoms with Crippen molar-refractivity contribution >= 4 is 29.3 Å². The average molecular weight is 256 g/mol. The van der Waals surface area contributed by atoms with Gasteiger partial charge in [-0.15, -0.1) is 0 Å². The van der Waals surface area contributed by atoms with Crippen molar-refractivity contribution in [3.8, 4) is 0 Å². The van der Waals surface area contributed by atoms with E-state index < -0.39 is 47.7 Å². The number of carbonyl (C=O) groups is 3. The van der Waals surface area contributed by atoms with Crippen LogP contribution in [0.2, 0.25) is 0 Å². The predicted molar refractivity (Wildman–Crippen MR) is 46.7 cm³/mol. The second-order valence-corrected chi connectivity index (χ2v) is 3.34. The highest BCUT2D eigenvalue weighted by Crippen LogP contribution is 2.23. The summed E-state index contributed by atoms with van der Waals surface area (Å²) in [5, 5.41) is 25.5. The van der Waals surface area contributed by atoms with Crippen LogP contribution in [0.25, 0.3) is 0 Å². The molecule has 0 saturated carbocycles. The van der Waals surface area contributed by atoms with Crippen LogP contribution in [-0.4, -0.2) is 47.6 Å². The Morgan fingerprint density at radius 2 is 1.44 bits per heavy atom. The van der Waals surface area contributed by atoms with Gasteiger partial charge in [-0.25, -0.2) is 8.98 Å². The lowest BCUT2D eigenvalue weighted by molar-refractivity contribution is -0.166. The van der Waals surface area contributed by atoms with Crippen molar-refractivity contribution < 1.29 is 42.6 Å². The van der Waals surface area contributed by atoms with Crippen molar-refractivity contribution in [2.75, 3.05) is 0 Å². The van der Waals surface area contributed by atoms with Crippen molar-refractivity contribution in [2.24, 2.45) is 0 Å². The van der Waals surface area contributed by atoms with E-state index >= 15 is 0 Å². The number of hydrogen-bond acceptors (Lipinski definition) is 5. The topological polar surface area (TPSA) is 158 Å². The number of carboxylic acids is 3. The summed E-state index contributed by atoms with van der Waals surface area (Å²) < 4.78 is 22.7. The maximum atomic E-state index is 10.7. The van der Waals surface area contributed by atoms with Gasteiger partial charge in [0.2, 0.25) is 5.60 Å². The highest BCUT2D eigenvalue weighted by atomic mass is 32.2. The summed E-state index contributed by atoms with van der Waals surface area (Å²) in [6.07, 6.45) is -2.50. The molecule has 1 unspecified atom stereocenters. The van der Waals surface area contributed by atoms with Crippen LogP contribution in [-0.2, 0) is 29.9 Å². The second-order valence-electron chi connectivity index (χ2n) is 2.74. The summed E-state index contributed by atoms with van der Waals surface area (Å²) in [5.74, 6) is -5.29. The van der Waals surface area contributed by atoms with E-state index in [-0.39, 0.29) is 0 Å². The SMILES string of the molecule is O=C(O)CC(CC(=O)O)(OS(=O)O)C(=O)O. The zero-order valence-electron chi connectivity index (χ0n) is 7.65. The Morgan fingerprint density at radius 3 is 1.62 bits per heavy atom. The van der Waals surface area contributed by atoms with Crippen molar-refractivity contribution in [2.45, 2.75) is 18.4 Å². The Balaban J connectivity index is 5.19. The van der Waals surface area contributed by atoms with Crippen molar-refractivity contribution in [3.05, 3.63) is 0 Å². The fourth-order valence-corrected chi connectivity index (χ4v) is 1.40. The van der Waals surface area contributed by atoms with E-state index in [9.17, 15) is 18.6 Å². The summed E-state index contributed by atoms with van der Waals surface area (Å²) in [7, 11) is 0. The zero-order valence-corrected chi connectivity index (χ0v) is 8.47. The molecule has 0 aliphatic heterocycles. The van der Waals surface area contributed by atoms with E-state index in [1.807, 2.05) is 0 Å². The molecule has 0 bridgehead atoms. The fourth-order valence-electron chi connectivity index (χ4n) is 0.933. The van der Waals surface area contributed by atoms with Crippen LogP contribution in [0.4, 0.5) is 0 Å². The minimum absolute atomic E-state index is 1.25. The molecule has 0 aromatic heterocycles. The van der Waals surface area contributed by atoms with Gasteiger partial charge in [-0.3, -0.25) is 14.1 Å². The molecule has 0 aliphatic carbocycles. The van der Waals surface area contributed by atoms with Gasteiger partial charge in [-0.05, 0) is 0 Å². The van der Waals surface area contributed by atoms with E-state index in [0.29, 0.717) is 0 Å². The highest BCUT2D eigenvalue weighted by molar-refractivity contribution is 7.74. The third kappa shape index (κ3) is 4.33. The Bertz CT molecular complexity index is 294. The molecule has 0 aromatic rings. The molecule has 0 spiro atoms. The molecule has 16 heavy (non-hydrogen) atoms. The predicted octanol–water partition coefficient (Wildman–Crippen LogP) is -1.09. The molecule has 0 aromatic carbocycles. The van der Waals surface area contributed by atoms with Gasteiger partial charge in [0.15, 0.2) is 0 Å². The first-order valence-electron chi connectivity index (χ1n) is 3.67. The zero-order chi connectivity index (χ0) is 12.9. The number of carboxylic acid groups (broad SMARTS) is 3. The Labute approximate surface area is 91.1 Å². The monoisotopic (exact) mass is 256 g/mol.